The molecule has 3 atom stereocenters. The highest BCUT2D eigenvalue weighted by molar-refractivity contribution is 5.89. The summed E-state index contributed by atoms with van der Waals surface area (Å²) in [4.78, 5) is 26.9. The Morgan fingerprint density at radius 3 is 2.52 bits per heavy atom. The van der Waals surface area contributed by atoms with Crippen LogP contribution in [0.15, 0.2) is 54.6 Å². The molecule has 0 saturated carbocycles. The van der Waals surface area contributed by atoms with Crippen molar-refractivity contribution >= 4 is 11.8 Å². The van der Waals surface area contributed by atoms with Crippen molar-refractivity contribution in [1.29, 1.82) is 0 Å². The second-order valence-corrected chi connectivity index (χ2v) is 8.08. The molecule has 1 aliphatic rings. The van der Waals surface area contributed by atoms with Gasteiger partial charge in [0.1, 0.15) is 12.4 Å². The van der Waals surface area contributed by atoms with Gasteiger partial charge in [0.25, 0.3) is 0 Å². The Bertz CT molecular complexity index is 852. The zero-order chi connectivity index (χ0) is 22.2. The number of likely N-dealkylation sites (tertiary alicyclic amines) is 1. The van der Waals surface area contributed by atoms with Crippen molar-refractivity contribution in [2.75, 3.05) is 26.8 Å². The topological polar surface area (TPSA) is 76.1 Å². The molecule has 2 aromatic rings. The number of nitrogens with zero attached hydrogens (tertiary/aromatic N) is 1. The van der Waals surface area contributed by atoms with E-state index >= 15 is 0 Å². The van der Waals surface area contributed by atoms with Crippen molar-refractivity contribution in [3.8, 4) is 5.75 Å². The van der Waals surface area contributed by atoms with E-state index in [-0.39, 0.29) is 23.7 Å². The van der Waals surface area contributed by atoms with Crippen LogP contribution in [0.25, 0.3) is 0 Å². The molecule has 3 rings (SSSR count). The van der Waals surface area contributed by atoms with E-state index in [1.54, 1.807) is 12.1 Å². The highest BCUT2D eigenvalue weighted by Gasteiger charge is 2.33. The molecule has 0 bridgehead atoms. The number of carbonyl (C=O) groups excluding carboxylic acids is 2. The predicted octanol–water partition coefficient (Wildman–Crippen LogP) is 3.44. The molecule has 0 spiro atoms. The van der Waals surface area contributed by atoms with E-state index in [9.17, 15) is 14.7 Å². The summed E-state index contributed by atoms with van der Waals surface area (Å²) >= 11 is 0. The van der Waals surface area contributed by atoms with Gasteiger partial charge in [-0.3, -0.25) is 9.69 Å². The van der Waals surface area contributed by atoms with E-state index in [4.69, 9.17) is 9.47 Å². The third kappa shape index (κ3) is 6.39. The molecule has 0 amide bonds. The molecular formula is C25H31NO5. The minimum Gasteiger partial charge on any atom is -0.492 e. The first-order chi connectivity index (χ1) is 15.0. The van der Waals surface area contributed by atoms with Crippen LogP contribution in [0.2, 0.25) is 0 Å². The van der Waals surface area contributed by atoms with E-state index < -0.39 is 6.10 Å². The highest BCUT2D eigenvalue weighted by Crippen LogP contribution is 2.25. The maximum absolute atomic E-state index is 13.1. The Balaban J connectivity index is 1.58. The van der Waals surface area contributed by atoms with Crippen molar-refractivity contribution in [3.63, 3.8) is 0 Å². The van der Waals surface area contributed by atoms with Gasteiger partial charge in [0.2, 0.25) is 0 Å². The molecule has 1 N–H and O–H groups in total. The summed E-state index contributed by atoms with van der Waals surface area (Å²) in [6, 6.07) is 16.5. The van der Waals surface area contributed by atoms with E-state index in [0.717, 1.165) is 11.3 Å². The van der Waals surface area contributed by atoms with Gasteiger partial charge in [0, 0.05) is 19.5 Å². The standard InChI is InChI=1S/C25H31NO5/c1-18(19-8-10-20(11-9-19)25(29)30-2)16-24(28)23-17-21(27)12-13-26(23)14-15-31-22-6-4-3-5-7-22/h3-11,18,21,23,27H,12-17H2,1-2H3/t18-,21+,23-/m1/s1. The Hall–Kier alpha value is -2.70. The molecule has 6 nitrogen and oxygen atoms in total. The van der Waals surface area contributed by atoms with Crippen LogP contribution in [-0.4, -0.2) is 60.7 Å². The molecule has 31 heavy (non-hydrogen) atoms. The molecule has 1 heterocycles. The fraction of sp³-hybridized carbons (Fsp3) is 0.440. The van der Waals surface area contributed by atoms with Gasteiger partial charge in [0.05, 0.1) is 24.8 Å². The number of ether oxygens (including phenoxy) is 2. The lowest BCUT2D eigenvalue weighted by molar-refractivity contribution is -0.127. The van der Waals surface area contributed by atoms with Crippen LogP contribution >= 0.6 is 0 Å². The quantitative estimate of drug-likeness (QED) is 0.621. The maximum atomic E-state index is 13.1. The number of carbonyl (C=O) groups is 2. The van der Waals surface area contributed by atoms with Crippen molar-refractivity contribution in [3.05, 3.63) is 65.7 Å². The smallest absolute Gasteiger partial charge is 0.337 e. The van der Waals surface area contributed by atoms with Gasteiger partial charge in [-0.1, -0.05) is 37.3 Å². The molecule has 166 valence electrons. The third-order valence-corrected chi connectivity index (χ3v) is 5.86. The lowest BCUT2D eigenvalue weighted by atomic mass is 9.88. The Morgan fingerprint density at radius 1 is 1.13 bits per heavy atom. The average Bonchev–Trinajstić information content (AvgIpc) is 2.80. The number of methoxy groups -OCH3 is 1. The number of hydrogen-bond acceptors (Lipinski definition) is 6. The van der Waals surface area contributed by atoms with Gasteiger partial charge in [-0.25, -0.2) is 4.79 Å². The largest absolute Gasteiger partial charge is 0.492 e. The van der Waals surface area contributed by atoms with Crippen LogP contribution in [0, 0.1) is 0 Å². The van der Waals surface area contributed by atoms with Crippen LogP contribution in [0.1, 0.15) is 48.0 Å². The number of hydrogen-bond donors (Lipinski definition) is 1. The number of esters is 1. The number of piperidine rings is 1. The summed E-state index contributed by atoms with van der Waals surface area (Å²) < 4.78 is 10.5. The van der Waals surface area contributed by atoms with Gasteiger partial charge in [-0.05, 0) is 48.6 Å². The number of benzene rings is 2. The normalized spacial score (nSPS) is 20.1. The first kappa shape index (κ1) is 23.0. The van der Waals surface area contributed by atoms with Gasteiger partial charge >= 0.3 is 5.97 Å². The lowest BCUT2D eigenvalue weighted by Gasteiger charge is -2.37. The van der Waals surface area contributed by atoms with Crippen molar-refractivity contribution < 1.29 is 24.2 Å². The molecule has 0 aromatic heterocycles. The molecule has 2 aromatic carbocycles. The summed E-state index contributed by atoms with van der Waals surface area (Å²) in [5, 5.41) is 10.2. The van der Waals surface area contributed by atoms with Gasteiger partial charge < -0.3 is 14.6 Å². The summed E-state index contributed by atoms with van der Waals surface area (Å²) in [6.07, 6.45) is 1.05. The third-order valence-electron chi connectivity index (χ3n) is 5.86. The number of Topliss-reactive ketones (excluding diaryl/α,β-unsaturated/α-hetero) is 1. The SMILES string of the molecule is COC(=O)c1ccc([C@H](C)CC(=O)[C@H]2C[C@@H](O)CCN2CCOc2ccccc2)cc1. The van der Waals surface area contributed by atoms with E-state index in [1.807, 2.05) is 49.4 Å². The number of aliphatic hydroxyl groups excluding tert-OH is 1. The fourth-order valence-electron chi connectivity index (χ4n) is 4.02. The van der Waals surface area contributed by atoms with Crippen LogP contribution in [-0.2, 0) is 9.53 Å². The number of ketones is 1. The highest BCUT2D eigenvalue weighted by atomic mass is 16.5. The molecule has 6 heteroatoms. The van der Waals surface area contributed by atoms with Crippen LogP contribution in [0.4, 0.5) is 0 Å². The van der Waals surface area contributed by atoms with Crippen molar-refractivity contribution in [2.24, 2.45) is 0 Å². The number of rotatable bonds is 9. The summed E-state index contributed by atoms with van der Waals surface area (Å²) in [7, 11) is 1.35. The van der Waals surface area contributed by atoms with Gasteiger partial charge in [-0.2, -0.15) is 0 Å². The summed E-state index contributed by atoms with van der Waals surface area (Å²) in [5.74, 6) is 0.579. The molecule has 0 unspecified atom stereocenters. The Morgan fingerprint density at radius 2 is 1.84 bits per heavy atom. The zero-order valence-electron chi connectivity index (χ0n) is 18.2. The number of aliphatic hydroxyl groups is 1. The van der Waals surface area contributed by atoms with E-state index in [2.05, 4.69) is 4.90 Å². The first-order valence-electron chi connectivity index (χ1n) is 10.8. The summed E-state index contributed by atoms with van der Waals surface area (Å²) in [6.45, 7) is 3.82. The molecule has 0 radical (unpaired) electrons. The molecule has 1 fully saturated rings. The van der Waals surface area contributed by atoms with Crippen LogP contribution in [0.5, 0.6) is 5.75 Å². The molecule has 0 aliphatic carbocycles. The van der Waals surface area contributed by atoms with Crippen LogP contribution < -0.4 is 4.74 Å². The summed E-state index contributed by atoms with van der Waals surface area (Å²) in [5.41, 5.74) is 1.49. The van der Waals surface area contributed by atoms with Gasteiger partial charge in [-0.15, -0.1) is 0 Å². The van der Waals surface area contributed by atoms with Crippen LogP contribution in [0.3, 0.4) is 0 Å². The molecule has 1 aliphatic heterocycles. The second kappa shape index (κ2) is 11.1. The Labute approximate surface area is 183 Å². The predicted molar refractivity (Wildman–Crippen MR) is 118 cm³/mol. The first-order valence-corrected chi connectivity index (χ1v) is 10.8. The van der Waals surface area contributed by atoms with E-state index in [0.29, 0.717) is 44.5 Å². The van der Waals surface area contributed by atoms with Gasteiger partial charge in [0.15, 0.2) is 5.78 Å². The fourth-order valence-corrected chi connectivity index (χ4v) is 4.02. The van der Waals surface area contributed by atoms with Crippen molar-refractivity contribution in [1.82, 2.24) is 4.90 Å². The Kier molecular flexibility index (Phi) is 8.20. The minimum absolute atomic E-state index is 0.0145. The number of para-hydroxylation sites is 1. The second-order valence-electron chi connectivity index (χ2n) is 8.08. The lowest BCUT2D eigenvalue weighted by Crippen LogP contribution is -2.50. The minimum atomic E-state index is -0.449. The monoisotopic (exact) mass is 425 g/mol. The van der Waals surface area contributed by atoms with E-state index in [1.165, 1.54) is 7.11 Å². The zero-order valence-corrected chi connectivity index (χ0v) is 18.2. The molecule has 1 saturated heterocycles. The maximum Gasteiger partial charge on any atom is 0.337 e. The van der Waals surface area contributed by atoms with Crippen molar-refractivity contribution in [2.45, 2.75) is 44.2 Å². The molecular weight excluding hydrogens is 394 g/mol. The average molecular weight is 426 g/mol.